The fourth-order valence-corrected chi connectivity index (χ4v) is 4.89. The molecule has 32 heavy (non-hydrogen) atoms. The van der Waals surface area contributed by atoms with Gasteiger partial charge in [0.1, 0.15) is 6.04 Å². The number of aromatic nitrogens is 4. The molecule has 3 heterocycles. The molecule has 9 heteroatoms. The number of fused-ring (bicyclic) bond motifs is 3. The summed E-state index contributed by atoms with van der Waals surface area (Å²) in [5.41, 5.74) is 2.08. The van der Waals surface area contributed by atoms with Crippen LogP contribution in [0.15, 0.2) is 72.0 Å². The van der Waals surface area contributed by atoms with Gasteiger partial charge in [-0.15, -0.1) is 16.9 Å². The fourth-order valence-electron chi connectivity index (χ4n) is 3.77. The number of pyridine rings is 1. The lowest BCUT2D eigenvalue weighted by molar-refractivity contribution is -0.119. The van der Waals surface area contributed by atoms with Gasteiger partial charge in [0, 0.05) is 40.9 Å². The molecule has 0 fully saturated rings. The summed E-state index contributed by atoms with van der Waals surface area (Å²) in [4.78, 5) is 32.8. The van der Waals surface area contributed by atoms with Crippen molar-refractivity contribution in [1.82, 2.24) is 25.3 Å². The molecule has 5 rings (SSSR count). The topological polar surface area (TPSA) is 93.0 Å². The lowest BCUT2D eigenvalue weighted by Crippen LogP contribution is -2.48. The van der Waals surface area contributed by atoms with E-state index in [0.29, 0.717) is 12.3 Å². The second-order valence-electron chi connectivity index (χ2n) is 7.53. The van der Waals surface area contributed by atoms with Crippen molar-refractivity contribution in [3.63, 3.8) is 0 Å². The van der Waals surface area contributed by atoms with Crippen LogP contribution < -0.4 is 10.2 Å². The predicted molar refractivity (Wildman–Crippen MR) is 123 cm³/mol. The molecule has 0 saturated carbocycles. The highest BCUT2D eigenvalue weighted by Gasteiger charge is 2.31. The van der Waals surface area contributed by atoms with Crippen LogP contribution in [0, 0.1) is 0 Å². The van der Waals surface area contributed by atoms with Crippen LogP contribution in [0.5, 0.6) is 0 Å². The summed E-state index contributed by atoms with van der Waals surface area (Å²) in [7, 11) is 1.74. The van der Waals surface area contributed by atoms with Crippen LogP contribution in [0.2, 0.25) is 0 Å². The molecule has 0 unspecified atom stereocenters. The minimum atomic E-state index is -0.680. The number of nitrogens with zero attached hydrogens (tertiary/aromatic N) is 5. The molecule has 0 bridgehead atoms. The van der Waals surface area contributed by atoms with Crippen molar-refractivity contribution in [1.29, 1.82) is 0 Å². The number of carbonyl (C=O) groups is 2. The van der Waals surface area contributed by atoms with Gasteiger partial charge in [0.05, 0.1) is 18.4 Å². The molecule has 0 radical (unpaired) electrons. The first-order chi connectivity index (χ1) is 15.6. The predicted octanol–water partition coefficient (Wildman–Crippen LogP) is 2.74. The van der Waals surface area contributed by atoms with Crippen molar-refractivity contribution in [2.24, 2.45) is 0 Å². The van der Waals surface area contributed by atoms with Crippen LogP contribution in [0.4, 0.5) is 5.69 Å². The van der Waals surface area contributed by atoms with E-state index in [0.717, 1.165) is 26.9 Å². The van der Waals surface area contributed by atoms with Crippen LogP contribution in [-0.2, 0) is 11.3 Å². The highest BCUT2D eigenvalue weighted by molar-refractivity contribution is 7.99. The Hall–Kier alpha value is -3.72. The molecule has 1 atom stereocenters. The summed E-state index contributed by atoms with van der Waals surface area (Å²) < 4.78 is 1.61. The molecule has 160 valence electrons. The maximum atomic E-state index is 13.2. The number of nitrogens with one attached hydrogen (secondary N) is 1. The Bertz CT molecular complexity index is 1310. The molecule has 0 saturated heterocycles. The van der Waals surface area contributed by atoms with Crippen LogP contribution in [0.1, 0.15) is 16.1 Å². The normalized spacial score (nSPS) is 16.0. The van der Waals surface area contributed by atoms with Gasteiger partial charge in [0.25, 0.3) is 5.91 Å². The minimum Gasteiger partial charge on any atom is -0.338 e. The SMILES string of the molecule is CN1C(=O)[C@@H](NC(=O)c2cn(Cc3ccccc3)nn2)CSc2ccc3cnccc3c21. The molecule has 2 aromatic carbocycles. The van der Waals surface area contributed by atoms with Crippen molar-refractivity contribution in [3.05, 3.63) is 78.4 Å². The van der Waals surface area contributed by atoms with Gasteiger partial charge in [-0.1, -0.05) is 41.6 Å². The van der Waals surface area contributed by atoms with E-state index in [-0.39, 0.29) is 11.6 Å². The Labute approximate surface area is 188 Å². The van der Waals surface area contributed by atoms with E-state index >= 15 is 0 Å². The average Bonchev–Trinajstić information content (AvgIpc) is 3.25. The number of hydrogen-bond acceptors (Lipinski definition) is 6. The fraction of sp³-hybridized carbons (Fsp3) is 0.174. The Kier molecular flexibility index (Phi) is 5.32. The quantitative estimate of drug-likeness (QED) is 0.520. The summed E-state index contributed by atoms with van der Waals surface area (Å²) in [6.45, 7) is 0.513. The van der Waals surface area contributed by atoms with Crippen LogP contribution >= 0.6 is 11.8 Å². The molecule has 1 N–H and O–H groups in total. The Morgan fingerprint density at radius 2 is 2.03 bits per heavy atom. The number of benzene rings is 2. The van der Waals surface area contributed by atoms with Gasteiger partial charge in [0.15, 0.2) is 5.69 Å². The molecule has 2 aromatic heterocycles. The van der Waals surface area contributed by atoms with Crippen molar-refractivity contribution in [2.75, 3.05) is 17.7 Å². The molecule has 1 aliphatic heterocycles. The van der Waals surface area contributed by atoms with Crippen molar-refractivity contribution in [3.8, 4) is 0 Å². The number of anilines is 1. The zero-order valence-corrected chi connectivity index (χ0v) is 18.1. The molecule has 1 aliphatic rings. The van der Waals surface area contributed by atoms with E-state index in [4.69, 9.17) is 0 Å². The molecule has 0 aliphatic carbocycles. The second kappa shape index (κ2) is 8.43. The van der Waals surface area contributed by atoms with Gasteiger partial charge in [-0.3, -0.25) is 14.6 Å². The minimum absolute atomic E-state index is 0.175. The van der Waals surface area contributed by atoms with Gasteiger partial charge in [-0.25, -0.2) is 4.68 Å². The summed E-state index contributed by atoms with van der Waals surface area (Å²) in [6.07, 6.45) is 5.09. The number of rotatable bonds is 4. The molecular formula is C23H20N6O2S. The van der Waals surface area contributed by atoms with Gasteiger partial charge < -0.3 is 10.2 Å². The maximum Gasteiger partial charge on any atom is 0.274 e. The molecule has 4 aromatic rings. The van der Waals surface area contributed by atoms with Crippen LogP contribution in [0.3, 0.4) is 0 Å². The Morgan fingerprint density at radius 1 is 1.19 bits per heavy atom. The Balaban J connectivity index is 1.33. The van der Waals surface area contributed by atoms with Gasteiger partial charge in [-0.05, 0) is 17.7 Å². The van der Waals surface area contributed by atoms with Crippen molar-refractivity contribution in [2.45, 2.75) is 17.5 Å². The smallest absolute Gasteiger partial charge is 0.274 e. The average molecular weight is 445 g/mol. The van der Waals surface area contributed by atoms with Gasteiger partial charge in [-0.2, -0.15) is 0 Å². The number of likely N-dealkylation sites (N-methyl/N-ethyl adjacent to an activating group) is 1. The number of thioether (sulfide) groups is 1. The van der Waals surface area contributed by atoms with E-state index in [1.807, 2.05) is 48.5 Å². The number of carbonyl (C=O) groups excluding carboxylic acids is 2. The van der Waals surface area contributed by atoms with E-state index < -0.39 is 11.9 Å². The third kappa shape index (κ3) is 3.82. The standard InChI is InChI=1S/C23H20N6O2S/c1-28-21-17-9-10-24-11-16(17)7-8-20(21)32-14-19(23(28)31)25-22(30)18-13-29(27-26-18)12-15-5-3-2-4-6-15/h2-11,13,19H,12,14H2,1H3,(H,25,30)/t19-/m0/s1. The summed E-state index contributed by atoms with van der Waals surface area (Å²) >= 11 is 1.55. The molecular weight excluding hydrogens is 424 g/mol. The van der Waals surface area contributed by atoms with Gasteiger partial charge in [0.2, 0.25) is 5.91 Å². The van der Waals surface area contributed by atoms with Crippen LogP contribution in [0.25, 0.3) is 10.8 Å². The van der Waals surface area contributed by atoms with E-state index in [9.17, 15) is 9.59 Å². The maximum absolute atomic E-state index is 13.2. The highest BCUT2D eigenvalue weighted by atomic mass is 32.2. The highest BCUT2D eigenvalue weighted by Crippen LogP contribution is 2.39. The summed E-state index contributed by atoms with van der Waals surface area (Å²) in [6, 6.07) is 15.0. The first-order valence-electron chi connectivity index (χ1n) is 10.1. The summed E-state index contributed by atoms with van der Waals surface area (Å²) in [5, 5.41) is 12.8. The van der Waals surface area contributed by atoms with E-state index in [1.54, 1.807) is 47.0 Å². The van der Waals surface area contributed by atoms with Crippen molar-refractivity contribution >= 4 is 40.0 Å². The summed E-state index contributed by atoms with van der Waals surface area (Å²) in [5.74, 6) is -0.168. The molecule has 2 amide bonds. The first-order valence-corrected chi connectivity index (χ1v) is 11.1. The van der Waals surface area contributed by atoms with E-state index in [2.05, 4.69) is 20.6 Å². The lowest BCUT2D eigenvalue weighted by atomic mass is 10.1. The lowest BCUT2D eigenvalue weighted by Gasteiger charge is -2.22. The largest absolute Gasteiger partial charge is 0.338 e. The Morgan fingerprint density at radius 3 is 2.88 bits per heavy atom. The zero-order valence-electron chi connectivity index (χ0n) is 17.3. The van der Waals surface area contributed by atoms with Crippen molar-refractivity contribution < 1.29 is 9.59 Å². The zero-order chi connectivity index (χ0) is 22.1. The molecule has 0 spiro atoms. The van der Waals surface area contributed by atoms with E-state index in [1.165, 1.54) is 0 Å². The van der Waals surface area contributed by atoms with Gasteiger partial charge >= 0.3 is 0 Å². The number of amides is 2. The second-order valence-corrected chi connectivity index (χ2v) is 8.59. The molecule has 8 nitrogen and oxygen atoms in total. The monoisotopic (exact) mass is 444 g/mol. The van der Waals surface area contributed by atoms with Crippen LogP contribution in [-0.4, -0.2) is 50.6 Å². The number of hydrogen-bond donors (Lipinski definition) is 1. The first kappa shape index (κ1) is 20.2. The third-order valence-electron chi connectivity index (χ3n) is 5.39. The third-order valence-corrected chi connectivity index (χ3v) is 6.53.